The highest BCUT2D eigenvalue weighted by Crippen LogP contribution is 2.29. The van der Waals surface area contributed by atoms with Gasteiger partial charge < -0.3 is 14.2 Å². The number of methoxy groups -OCH3 is 1. The Balaban J connectivity index is 1.57. The summed E-state index contributed by atoms with van der Waals surface area (Å²) in [6.45, 7) is 3.84. The van der Waals surface area contributed by atoms with Crippen LogP contribution in [0.4, 0.5) is 0 Å². The van der Waals surface area contributed by atoms with E-state index < -0.39 is 5.97 Å². The average Bonchev–Trinajstić information content (AvgIpc) is 2.81. The minimum Gasteiger partial charge on any atom is -0.493 e. The van der Waals surface area contributed by atoms with Crippen molar-refractivity contribution >= 4 is 40.7 Å². The maximum atomic E-state index is 12.5. The monoisotopic (exact) mass is 558 g/mol. The Hall–Kier alpha value is -3.40. The number of carbonyl (C=O) groups is 2. The van der Waals surface area contributed by atoms with Gasteiger partial charge in [0.2, 0.25) is 0 Å². The number of rotatable bonds is 8. The summed E-state index contributed by atoms with van der Waals surface area (Å²) in [6.07, 6.45) is 1.46. The molecular formula is C25H23IN2O5. The van der Waals surface area contributed by atoms with Gasteiger partial charge >= 0.3 is 5.97 Å². The molecule has 170 valence electrons. The molecule has 3 aromatic carbocycles. The first kappa shape index (κ1) is 24.2. The fourth-order valence-corrected chi connectivity index (χ4v) is 3.40. The third-order valence-corrected chi connectivity index (χ3v) is 5.68. The Bertz CT molecular complexity index is 1190. The van der Waals surface area contributed by atoms with Crippen LogP contribution in [0.1, 0.15) is 27.0 Å². The van der Waals surface area contributed by atoms with E-state index in [-0.39, 0.29) is 18.3 Å². The second-order valence-corrected chi connectivity index (χ2v) is 8.27. The number of benzene rings is 3. The van der Waals surface area contributed by atoms with Crippen molar-refractivity contribution in [1.82, 2.24) is 5.43 Å². The van der Waals surface area contributed by atoms with E-state index in [1.807, 2.05) is 44.2 Å². The van der Waals surface area contributed by atoms with Gasteiger partial charge in [-0.05, 0) is 95.6 Å². The molecule has 0 fully saturated rings. The summed E-state index contributed by atoms with van der Waals surface area (Å²) < 4.78 is 17.1. The van der Waals surface area contributed by atoms with Gasteiger partial charge in [-0.3, -0.25) is 4.79 Å². The van der Waals surface area contributed by atoms with Gasteiger partial charge in [-0.15, -0.1) is 0 Å². The Morgan fingerprint density at radius 1 is 1.00 bits per heavy atom. The molecule has 1 N–H and O–H groups in total. The second kappa shape index (κ2) is 11.5. The largest absolute Gasteiger partial charge is 0.493 e. The summed E-state index contributed by atoms with van der Waals surface area (Å²) >= 11 is 2.08. The van der Waals surface area contributed by atoms with Crippen molar-refractivity contribution in [2.75, 3.05) is 13.7 Å². The van der Waals surface area contributed by atoms with E-state index >= 15 is 0 Å². The van der Waals surface area contributed by atoms with Crippen LogP contribution >= 0.6 is 22.6 Å². The molecule has 3 rings (SSSR count). The van der Waals surface area contributed by atoms with Gasteiger partial charge in [-0.25, -0.2) is 10.2 Å². The lowest BCUT2D eigenvalue weighted by molar-refractivity contribution is -0.123. The fraction of sp³-hybridized carbons (Fsp3) is 0.160. The van der Waals surface area contributed by atoms with Crippen molar-refractivity contribution in [3.63, 3.8) is 0 Å². The number of aryl methyl sites for hydroxylation is 2. The molecule has 1 amide bonds. The number of nitrogens with zero attached hydrogens (tertiary/aromatic N) is 1. The molecule has 0 saturated heterocycles. The third kappa shape index (κ3) is 6.79. The van der Waals surface area contributed by atoms with E-state index in [0.717, 1.165) is 14.7 Å². The zero-order valence-corrected chi connectivity index (χ0v) is 20.6. The number of amides is 1. The summed E-state index contributed by atoms with van der Waals surface area (Å²) in [4.78, 5) is 24.5. The van der Waals surface area contributed by atoms with Crippen LogP contribution in [0.15, 0.2) is 65.8 Å². The fourth-order valence-electron chi connectivity index (χ4n) is 2.79. The van der Waals surface area contributed by atoms with Crippen molar-refractivity contribution < 1.29 is 23.8 Å². The van der Waals surface area contributed by atoms with Crippen molar-refractivity contribution in [3.05, 3.63) is 86.5 Å². The number of carbonyl (C=O) groups excluding carboxylic acids is 2. The van der Waals surface area contributed by atoms with E-state index in [0.29, 0.717) is 22.6 Å². The highest BCUT2D eigenvalue weighted by Gasteiger charge is 2.15. The van der Waals surface area contributed by atoms with Crippen molar-refractivity contribution in [2.45, 2.75) is 13.8 Å². The molecule has 0 unspecified atom stereocenters. The van der Waals surface area contributed by atoms with Crippen LogP contribution in [0.25, 0.3) is 0 Å². The molecule has 0 atom stereocenters. The molecule has 0 aliphatic carbocycles. The summed E-state index contributed by atoms with van der Waals surface area (Å²) in [6, 6.07) is 17.7. The molecule has 0 saturated carbocycles. The molecule has 7 nitrogen and oxygen atoms in total. The summed E-state index contributed by atoms with van der Waals surface area (Å²) in [7, 11) is 1.48. The molecule has 0 heterocycles. The third-order valence-electron chi connectivity index (χ3n) is 4.74. The lowest BCUT2D eigenvalue weighted by Gasteiger charge is -2.10. The lowest BCUT2D eigenvalue weighted by atomic mass is 10.1. The summed E-state index contributed by atoms with van der Waals surface area (Å²) in [5.74, 6) is 0.403. The topological polar surface area (TPSA) is 86.2 Å². The van der Waals surface area contributed by atoms with E-state index in [1.54, 1.807) is 30.3 Å². The highest BCUT2D eigenvalue weighted by molar-refractivity contribution is 14.1. The highest BCUT2D eigenvalue weighted by atomic mass is 127. The average molecular weight is 558 g/mol. The second-order valence-electron chi connectivity index (χ2n) is 7.11. The number of hydrogen-bond donors (Lipinski definition) is 1. The van der Waals surface area contributed by atoms with E-state index in [2.05, 4.69) is 33.1 Å². The van der Waals surface area contributed by atoms with Crippen LogP contribution in [0, 0.1) is 17.4 Å². The van der Waals surface area contributed by atoms with Crippen LogP contribution in [0.3, 0.4) is 0 Å². The summed E-state index contributed by atoms with van der Waals surface area (Å²) in [5.41, 5.74) is 5.78. The zero-order chi connectivity index (χ0) is 23.8. The normalized spacial score (nSPS) is 10.7. The predicted octanol–water partition coefficient (Wildman–Crippen LogP) is 4.66. The molecule has 0 aliphatic heterocycles. The molecule has 0 radical (unpaired) electrons. The Labute approximate surface area is 205 Å². The minimum atomic E-state index is -0.476. The van der Waals surface area contributed by atoms with Gasteiger partial charge in [0.15, 0.2) is 18.1 Å². The van der Waals surface area contributed by atoms with E-state index in [1.165, 1.54) is 13.3 Å². The van der Waals surface area contributed by atoms with Gasteiger partial charge in [0.1, 0.15) is 5.75 Å². The SMILES string of the molecule is COc1cc(/C=N/NC(=O)COc2ccc(C)c(C)c2)ccc1OC(=O)c1ccccc1I. The van der Waals surface area contributed by atoms with Crippen molar-refractivity contribution in [2.24, 2.45) is 5.10 Å². The number of hydrazone groups is 1. The smallest absolute Gasteiger partial charge is 0.344 e. The molecule has 0 spiro atoms. The van der Waals surface area contributed by atoms with Crippen LogP contribution in [0.5, 0.6) is 17.2 Å². The lowest BCUT2D eigenvalue weighted by Crippen LogP contribution is -2.24. The van der Waals surface area contributed by atoms with E-state index in [9.17, 15) is 9.59 Å². The summed E-state index contributed by atoms with van der Waals surface area (Å²) in [5, 5.41) is 3.94. The first-order valence-corrected chi connectivity index (χ1v) is 11.1. The Morgan fingerprint density at radius 3 is 2.52 bits per heavy atom. The minimum absolute atomic E-state index is 0.156. The number of ether oxygens (including phenoxy) is 3. The molecule has 33 heavy (non-hydrogen) atoms. The number of nitrogens with one attached hydrogen (secondary N) is 1. The number of esters is 1. The molecule has 3 aromatic rings. The first-order valence-electron chi connectivity index (χ1n) is 10.0. The van der Waals surface area contributed by atoms with Gasteiger partial charge in [0, 0.05) is 3.57 Å². The Kier molecular flexibility index (Phi) is 8.42. The Morgan fingerprint density at radius 2 is 1.79 bits per heavy atom. The van der Waals surface area contributed by atoms with Gasteiger partial charge in [0.25, 0.3) is 5.91 Å². The number of hydrogen-bond acceptors (Lipinski definition) is 6. The molecule has 0 aromatic heterocycles. The maximum absolute atomic E-state index is 12.5. The molecule has 0 aliphatic rings. The molecular weight excluding hydrogens is 535 g/mol. The van der Waals surface area contributed by atoms with Gasteiger partial charge in [-0.2, -0.15) is 5.10 Å². The molecule has 8 heteroatoms. The van der Waals surface area contributed by atoms with Crippen molar-refractivity contribution in [1.29, 1.82) is 0 Å². The van der Waals surface area contributed by atoms with Crippen LogP contribution in [-0.4, -0.2) is 31.8 Å². The van der Waals surface area contributed by atoms with Crippen LogP contribution in [0.2, 0.25) is 0 Å². The van der Waals surface area contributed by atoms with E-state index in [4.69, 9.17) is 14.2 Å². The van der Waals surface area contributed by atoms with Crippen LogP contribution in [-0.2, 0) is 4.79 Å². The first-order chi connectivity index (χ1) is 15.9. The van der Waals surface area contributed by atoms with Gasteiger partial charge in [-0.1, -0.05) is 18.2 Å². The predicted molar refractivity (Wildman–Crippen MR) is 134 cm³/mol. The number of halogens is 1. The molecule has 0 bridgehead atoms. The quantitative estimate of drug-likeness (QED) is 0.143. The van der Waals surface area contributed by atoms with Crippen LogP contribution < -0.4 is 19.6 Å². The van der Waals surface area contributed by atoms with Crippen molar-refractivity contribution in [3.8, 4) is 17.2 Å². The zero-order valence-electron chi connectivity index (χ0n) is 18.4. The standard InChI is InChI=1S/C25H23IN2O5/c1-16-8-10-19(12-17(16)2)32-15-24(29)28-27-14-18-9-11-22(23(13-18)31-3)33-25(30)20-6-4-5-7-21(20)26/h4-14H,15H2,1-3H3,(H,28,29)/b27-14+. The van der Waals surface area contributed by atoms with Gasteiger partial charge in [0.05, 0.1) is 18.9 Å². The maximum Gasteiger partial charge on any atom is 0.344 e.